The highest BCUT2D eigenvalue weighted by Crippen LogP contribution is 2.47. The topological polar surface area (TPSA) is 104 Å². The van der Waals surface area contributed by atoms with E-state index in [2.05, 4.69) is 5.32 Å². The molecule has 32 heavy (non-hydrogen) atoms. The van der Waals surface area contributed by atoms with E-state index in [1.54, 1.807) is 0 Å². The van der Waals surface area contributed by atoms with E-state index in [4.69, 9.17) is 0 Å². The van der Waals surface area contributed by atoms with Crippen LogP contribution in [0.5, 0.6) is 0 Å². The van der Waals surface area contributed by atoms with Gasteiger partial charge in [0.05, 0.1) is 11.3 Å². The molecule has 1 atom stereocenters. The minimum Gasteiger partial charge on any atom is -0.369 e. The molecule has 1 N–H and O–H groups in total. The predicted octanol–water partition coefficient (Wildman–Crippen LogP) is 1.75. The van der Waals surface area contributed by atoms with Crippen LogP contribution in [0.15, 0.2) is 12.1 Å². The molecule has 9 heteroatoms. The van der Waals surface area contributed by atoms with Crippen molar-refractivity contribution >= 4 is 35.9 Å². The van der Waals surface area contributed by atoms with Gasteiger partial charge in [-0.1, -0.05) is 0 Å². The van der Waals surface area contributed by atoms with Crippen LogP contribution < -0.4 is 10.2 Å². The smallest absolute Gasteiger partial charge is 0.255 e. The predicted molar refractivity (Wildman–Crippen MR) is 115 cm³/mol. The molecule has 2 aliphatic rings. The van der Waals surface area contributed by atoms with Crippen molar-refractivity contribution in [2.75, 3.05) is 32.1 Å². The average Bonchev–Trinajstić information content (AvgIpc) is 2.78. The zero-order chi connectivity index (χ0) is 23.5. The molecule has 0 aromatic heterocycles. The summed E-state index contributed by atoms with van der Waals surface area (Å²) in [4.78, 5) is 62.1. The molecule has 172 valence electrons. The van der Waals surface area contributed by atoms with Crippen LogP contribution in [0.25, 0.3) is 0 Å². The van der Waals surface area contributed by atoms with Gasteiger partial charge in [-0.2, -0.15) is 0 Å². The Morgan fingerprint density at radius 2 is 1.91 bits per heavy atom. The van der Waals surface area contributed by atoms with Crippen molar-refractivity contribution in [1.82, 2.24) is 10.2 Å². The molecule has 1 saturated carbocycles. The Balaban J connectivity index is 1.81. The summed E-state index contributed by atoms with van der Waals surface area (Å²) in [6.45, 7) is 1.14. The van der Waals surface area contributed by atoms with Crippen LogP contribution in [0.4, 0.5) is 10.1 Å². The molecule has 2 amide bonds. The Morgan fingerprint density at radius 1 is 1.25 bits per heavy atom. The van der Waals surface area contributed by atoms with Crippen molar-refractivity contribution < 1.29 is 28.4 Å². The largest absolute Gasteiger partial charge is 0.369 e. The summed E-state index contributed by atoms with van der Waals surface area (Å²) in [6, 6.07) is 1.48. The van der Waals surface area contributed by atoms with Crippen LogP contribution in [-0.2, 0) is 14.4 Å². The molecule has 2 fully saturated rings. The van der Waals surface area contributed by atoms with Crippen molar-refractivity contribution in [3.8, 4) is 0 Å². The van der Waals surface area contributed by atoms with E-state index in [-0.39, 0.29) is 40.9 Å². The number of hydrogen-bond donors (Lipinski definition) is 1. The van der Waals surface area contributed by atoms with Crippen molar-refractivity contribution in [3.63, 3.8) is 0 Å². The Hall–Kier alpha value is -3.10. The van der Waals surface area contributed by atoms with Crippen molar-refractivity contribution in [2.45, 2.75) is 44.6 Å². The summed E-state index contributed by atoms with van der Waals surface area (Å²) in [5.74, 6) is -1.49. The maximum Gasteiger partial charge on any atom is 0.255 e. The maximum absolute atomic E-state index is 15.0. The van der Waals surface area contributed by atoms with Gasteiger partial charge in [-0.05, 0) is 36.8 Å². The Bertz CT molecular complexity index is 930. The average molecular weight is 445 g/mol. The van der Waals surface area contributed by atoms with Gasteiger partial charge in [0.2, 0.25) is 5.91 Å². The zero-order valence-corrected chi connectivity index (χ0v) is 18.4. The van der Waals surface area contributed by atoms with Crippen molar-refractivity contribution in [1.29, 1.82) is 0 Å². The van der Waals surface area contributed by atoms with E-state index in [1.165, 1.54) is 20.2 Å². The summed E-state index contributed by atoms with van der Waals surface area (Å²) in [7, 11) is 2.81. The number of nitrogens with one attached hydrogen (secondary N) is 1. The van der Waals surface area contributed by atoms with Crippen LogP contribution in [-0.4, -0.2) is 68.3 Å². The maximum atomic E-state index is 15.0. The molecular formula is C23H28FN3O5. The lowest BCUT2D eigenvalue weighted by molar-refractivity contribution is -0.134. The zero-order valence-electron chi connectivity index (χ0n) is 18.4. The molecule has 1 spiro atoms. The van der Waals surface area contributed by atoms with Gasteiger partial charge in [-0.25, -0.2) is 4.39 Å². The highest BCUT2D eigenvalue weighted by molar-refractivity contribution is 6.03. The third-order valence-corrected chi connectivity index (χ3v) is 6.68. The number of hydrogen-bond acceptors (Lipinski definition) is 6. The van der Waals surface area contributed by atoms with Crippen molar-refractivity contribution in [3.05, 3.63) is 29.1 Å². The lowest BCUT2D eigenvalue weighted by Gasteiger charge is -2.47. The summed E-state index contributed by atoms with van der Waals surface area (Å²) in [6.07, 6.45) is 4.07. The number of aldehydes is 2. The van der Waals surface area contributed by atoms with Gasteiger partial charge in [-0.3, -0.25) is 19.2 Å². The minimum atomic E-state index is -0.927. The molecule has 1 aromatic carbocycles. The fourth-order valence-electron chi connectivity index (χ4n) is 4.69. The van der Waals surface area contributed by atoms with Crippen LogP contribution in [0.3, 0.4) is 0 Å². The Labute approximate surface area is 186 Å². The Kier molecular flexibility index (Phi) is 7.06. The second-order valence-electron chi connectivity index (χ2n) is 8.68. The van der Waals surface area contributed by atoms with E-state index >= 15 is 4.39 Å². The number of anilines is 1. The SMILES string of the molecule is CNC(=O)C(CCC=O)N(C)C(=O)c1cc(F)c(N2CCC3(CC2)CC(=O)C3)cc1C=O. The number of ketones is 1. The molecule has 1 aliphatic heterocycles. The number of Topliss-reactive ketones (excluding diaryl/α,β-unsaturated/α-hetero) is 1. The molecule has 1 aliphatic carbocycles. The molecule has 8 nitrogen and oxygen atoms in total. The number of halogens is 1. The first-order valence-electron chi connectivity index (χ1n) is 10.7. The van der Waals surface area contributed by atoms with Gasteiger partial charge in [0, 0.05) is 52.0 Å². The van der Waals surface area contributed by atoms with Crippen LogP contribution in [0, 0.1) is 11.2 Å². The third-order valence-electron chi connectivity index (χ3n) is 6.68. The lowest BCUT2D eigenvalue weighted by Crippen LogP contribution is -2.48. The number of carbonyl (C=O) groups excluding carboxylic acids is 5. The number of rotatable bonds is 8. The molecule has 0 radical (unpaired) electrons. The first kappa shape index (κ1) is 23.6. The molecule has 3 rings (SSSR count). The molecular weight excluding hydrogens is 417 g/mol. The molecule has 1 unspecified atom stereocenters. The summed E-state index contributed by atoms with van der Waals surface area (Å²) < 4.78 is 15.0. The van der Waals surface area contributed by atoms with Gasteiger partial charge in [0.25, 0.3) is 5.91 Å². The number of amides is 2. The van der Waals surface area contributed by atoms with Crippen molar-refractivity contribution in [2.24, 2.45) is 5.41 Å². The standard InChI is InChI=1S/C23H28FN3O5/c1-25-21(31)19(4-3-9-28)26(2)22(32)17-11-18(24)20(10-15(17)14-29)27-7-5-23(6-8-27)12-16(30)13-23/h9-11,14,19H,3-8,12-13H2,1-2H3,(H,25,31). The monoisotopic (exact) mass is 445 g/mol. The van der Waals surface area contributed by atoms with E-state index < -0.39 is 23.7 Å². The highest BCUT2D eigenvalue weighted by atomic mass is 19.1. The normalized spacial score (nSPS) is 18.0. The number of nitrogens with zero attached hydrogens (tertiary/aromatic N) is 2. The highest BCUT2D eigenvalue weighted by Gasteiger charge is 2.45. The van der Waals surface area contributed by atoms with E-state index in [9.17, 15) is 24.0 Å². The van der Waals surface area contributed by atoms with Gasteiger partial charge >= 0.3 is 0 Å². The van der Waals surface area contributed by atoms with E-state index in [0.717, 1.165) is 23.8 Å². The van der Waals surface area contributed by atoms with Gasteiger partial charge in [0.15, 0.2) is 6.29 Å². The van der Waals surface area contributed by atoms with Crippen LogP contribution >= 0.6 is 0 Å². The number of carbonyl (C=O) groups is 5. The van der Waals surface area contributed by atoms with E-state index in [1.807, 2.05) is 4.90 Å². The second-order valence-corrected chi connectivity index (χ2v) is 8.68. The van der Waals surface area contributed by atoms with E-state index in [0.29, 0.717) is 38.5 Å². The summed E-state index contributed by atoms with van der Waals surface area (Å²) >= 11 is 0. The number of likely N-dealkylation sites (N-methyl/N-ethyl adjacent to an activating group) is 2. The third kappa shape index (κ3) is 4.56. The molecule has 0 bridgehead atoms. The Morgan fingerprint density at radius 3 is 2.44 bits per heavy atom. The first-order chi connectivity index (χ1) is 15.2. The van der Waals surface area contributed by atoms with Gasteiger partial charge in [-0.15, -0.1) is 0 Å². The quantitative estimate of drug-likeness (QED) is 0.612. The van der Waals surface area contributed by atoms with Gasteiger partial charge < -0.3 is 19.9 Å². The molecule has 1 aromatic rings. The summed E-state index contributed by atoms with van der Waals surface area (Å²) in [5, 5.41) is 2.45. The van der Waals surface area contributed by atoms with Crippen LogP contribution in [0.2, 0.25) is 0 Å². The van der Waals surface area contributed by atoms with Crippen LogP contribution in [0.1, 0.15) is 59.2 Å². The fourth-order valence-corrected chi connectivity index (χ4v) is 4.69. The minimum absolute atomic E-state index is 0.0309. The lowest BCUT2D eigenvalue weighted by atomic mass is 9.62. The summed E-state index contributed by atoms with van der Waals surface area (Å²) in [5.41, 5.74) is 0.174. The van der Waals surface area contributed by atoms with Gasteiger partial charge in [0.1, 0.15) is 23.9 Å². The number of piperidine rings is 1. The molecule has 1 saturated heterocycles. The molecule has 1 heterocycles. The number of benzene rings is 1. The second kappa shape index (κ2) is 9.58. The first-order valence-corrected chi connectivity index (χ1v) is 10.7. The fraction of sp³-hybridized carbons (Fsp3) is 0.522.